The molecule has 1 N–H and O–H groups in total. The van der Waals surface area contributed by atoms with Gasteiger partial charge in [0.2, 0.25) is 0 Å². The molecule has 0 aliphatic rings. The number of carbonyl (C=O) groups is 1. The van der Waals surface area contributed by atoms with E-state index < -0.39 is 16.5 Å². The topological polar surface area (TPSA) is 124 Å². The van der Waals surface area contributed by atoms with Crippen molar-refractivity contribution >= 4 is 34.2 Å². The Labute approximate surface area is 156 Å². The average molecular weight is 390 g/mol. The summed E-state index contributed by atoms with van der Waals surface area (Å²) in [5, 5.41) is 11.1. The van der Waals surface area contributed by atoms with Crippen molar-refractivity contribution in [2.24, 2.45) is 0 Å². The van der Waals surface area contributed by atoms with Crippen molar-refractivity contribution < 1.29 is 19.2 Å². The zero-order valence-electron chi connectivity index (χ0n) is 13.9. The molecule has 2 aromatic carbocycles. The molecule has 0 amide bonds. The molecular formula is C17H12ClN3O6. The van der Waals surface area contributed by atoms with Crippen LogP contribution in [0.3, 0.4) is 0 Å². The summed E-state index contributed by atoms with van der Waals surface area (Å²) in [5.41, 5.74) is -0.00633. The second kappa shape index (κ2) is 7.42. The van der Waals surface area contributed by atoms with Crippen LogP contribution in [0.15, 0.2) is 41.2 Å². The van der Waals surface area contributed by atoms with Gasteiger partial charge in [-0.1, -0.05) is 11.6 Å². The number of nitrogens with zero attached hydrogens (tertiary/aromatic N) is 2. The van der Waals surface area contributed by atoms with Gasteiger partial charge in [-0.25, -0.2) is 9.78 Å². The summed E-state index contributed by atoms with van der Waals surface area (Å²) in [6, 6.07) is 8.16. The zero-order valence-corrected chi connectivity index (χ0v) is 14.6. The Bertz CT molecular complexity index is 1110. The van der Waals surface area contributed by atoms with E-state index in [9.17, 15) is 19.7 Å². The first kappa shape index (κ1) is 18.3. The minimum absolute atomic E-state index is 0.0558. The molecule has 0 bridgehead atoms. The predicted molar refractivity (Wildman–Crippen MR) is 96.1 cm³/mol. The smallest absolute Gasteiger partial charge is 0.337 e. The number of nitrogens with one attached hydrogen (secondary N) is 1. The number of esters is 1. The Morgan fingerprint density at radius 2 is 2.07 bits per heavy atom. The van der Waals surface area contributed by atoms with Gasteiger partial charge in [-0.05, 0) is 24.3 Å². The van der Waals surface area contributed by atoms with Crippen LogP contribution in [0, 0.1) is 10.1 Å². The third kappa shape index (κ3) is 3.87. The molecule has 3 rings (SSSR count). The number of nitro groups is 1. The highest BCUT2D eigenvalue weighted by atomic mass is 35.5. The van der Waals surface area contributed by atoms with Crippen LogP contribution in [0.2, 0.25) is 5.02 Å². The van der Waals surface area contributed by atoms with Crippen LogP contribution in [0.4, 0.5) is 5.69 Å². The molecule has 0 saturated heterocycles. The van der Waals surface area contributed by atoms with Crippen LogP contribution in [-0.4, -0.2) is 28.0 Å². The van der Waals surface area contributed by atoms with Crippen LogP contribution < -0.4 is 10.3 Å². The van der Waals surface area contributed by atoms with E-state index in [4.69, 9.17) is 16.3 Å². The van der Waals surface area contributed by atoms with E-state index in [0.29, 0.717) is 10.9 Å². The maximum atomic E-state index is 12.2. The quantitative estimate of drug-likeness (QED) is 0.404. The lowest BCUT2D eigenvalue weighted by Gasteiger charge is -2.08. The summed E-state index contributed by atoms with van der Waals surface area (Å²) < 4.78 is 10.1. The van der Waals surface area contributed by atoms with Crippen molar-refractivity contribution in [2.75, 3.05) is 7.11 Å². The van der Waals surface area contributed by atoms with Crippen molar-refractivity contribution in [3.63, 3.8) is 0 Å². The van der Waals surface area contributed by atoms with E-state index >= 15 is 0 Å². The molecule has 0 atom stereocenters. The van der Waals surface area contributed by atoms with Crippen molar-refractivity contribution in [3.05, 3.63) is 73.3 Å². The summed E-state index contributed by atoms with van der Waals surface area (Å²) in [4.78, 5) is 40.8. The number of hydrogen-bond acceptors (Lipinski definition) is 7. The Balaban J connectivity index is 1.88. The van der Waals surface area contributed by atoms with Crippen LogP contribution in [0.25, 0.3) is 10.9 Å². The van der Waals surface area contributed by atoms with Crippen molar-refractivity contribution in [3.8, 4) is 5.75 Å². The van der Waals surface area contributed by atoms with Gasteiger partial charge in [-0.15, -0.1) is 0 Å². The molecule has 138 valence electrons. The maximum Gasteiger partial charge on any atom is 0.337 e. The number of halogens is 1. The molecule has 0 aliphatic heterocycles. The number of methoxy groups -OCH3 is 1. The Hall–Kier alpha value is -3.46. The van der Waals surface area contributed by atoms with E-state index in [1.807, 2.05) is 0 Å². The molecule has 3 aromatic rings. The molecule has 0 saturated carbocycles. The summed E-state index contributed by atoms with van der Waals surface area (Å²) in [6.07, 6.45) is 0. The third-order valence-corrected chi connectivity index (χ3v) is 3.96. The molecule has 0 radical (unpaired) electrons. The minimum Gasteiger partial charge on any atom is -0.484 e. The minimum atomic E-state index is -0.572. The van der Waals surface area contributed by atoms with Gasteiger partial charge in [0.1, 0.15) is 18.2 Å². The lowest BCUT2D eigenvalue weighted by Crippen LogP contribution is -2.14. The number of rotatable bonds is 5. The van der Waals surface area contributed by atoms with Crippen molar-refractivity contribution in [1.29, 1.82) is 0 Å². The summed E-state index contributed by atoms with van der Waals surface area (Å²) in [7, 11) is 1.25. The van der Waals surface area contributed by atoms with Gasteiger partial charge in [-0.2, -0.15) is 0 Å². The van der Waals surface area contributed by atoms with Crippen molar-refractivity contribution in [2.45, 2.75) is 6.61 Å². The van der Waals surface area contributed by atoms with E-state index in [-0.39, 0.29) is 34.5 Å². The summed E-state index contributed by atoms with van der Waals surface area (Å²) in [5.74, 6) is -0.147. The molecule has 0 aliphatic carbocycles. The molecule has 9 nitrogen and oxygen atoms in total. The standard InChI is InChI=1S/C17H12ClN3O6/c1-26-17(23)9-2-4-11-13(6-9)19-15(20-16(11)22)8-27-14-5-3-10(21(24)25)7-12(14)18/h2-7H,8H2,1H3,(H,19,20,22). The van der Waals surface area contributed by atoms with Gasteiger partial charge in [0.25, 0.3) is 11.2 Å². The molecule has 0 unspecified atom stereocenters. The average Bonchev–Trinajstić information content (AvgIpc) is 2.65. The molecule has 10 heteroatoms. The van der Waals surface area contributed by atoms with Crippen LogP contribution in [0.1, 0.15) is 16.2 Å². The van der Waals surface area contributed by atoms with Crippen LogP contribution >= 0.6 is 11.6 Å². The number of carbonyl (C=O) groups excluding carboxylic acids is 1. The number of ether oxygens (including phenoxy) is 2. The van der Waals surface area contributed by atoms with Crippen LogP contribution in [0.5, 0.6) is 5.75 Å². The van der Waals surface area contributed by atoms with E-state index in [1.165, 1.54) is 37.4 Å². The molecule has 1 heterocycles. The number of nitro benzene ring substituents is 1. The van der Waals surface area contributed by atoms with E-state index in [1.54, 1.807) is 0 Å². The number of hydrogen-bond donors (Lipinski definition) is 1. The van der Waals surface area contributed by atoms with Gasteiger partial charge >= 0.3 is 5.97 Å². The Kier molecular flexibility index (Phi) is 5.04. The molecular weight excluding hydrogens is 378 g/mol. The van der Waals surface area contributed by atoms with Crippen LogP contribution in [-0.2, 0) is 11.3 Å². The van der Waals surface area contributed by atoms with Gasteiger partial charge in [-0.3, -0.25) is 14.9 Å². The summed E-state index contributed by atoms with van der Waals surface area (Å²) >= 11 is 5.96. The fourth-order valence-electron chi connectivity index (χ4n) is 2.37. The Morgan fingerprint density at radius 1 is 1.30 bits per heavy atom. The number of fused-ring (bicyclic) bond motifs is 1. The normalized spacial score (nSPS) is 10.6. The van der Waals surface area contributed by atoms with Gasteiger partial charge in [0, 0.05) is 12.1 Å². The SMILES string of the molecule is COC(=O)c1ccc2c(=O)[nH]c(COc3ccc([N+](=O)[O-])cc3Cl)nc2c1. The first-order valence-electron chi connectivity index (χ1n) is 7.57. The molecule has 0 fully saturated rings. The highest BCUT2D eigenvalue weighted by molar-refractivity contribution is 6.32. The van der Waals surface area contributed by atoms with Gasteiger partial charge in [0.05, 0.1) is 33.5 Å². The first-order valence-corrected chi connectivity index (χ1v) is 7.95. The third-order valence-electron chi connectivity index (χ3n) is 3.67. The highest BCUT2D eigenvalue weighted by Gasteiger charge is 2.12. The second-order valence-electron chi connectivity index (χ2n) is 5.40. The predicted octanol–water partition coefficient (Wildman–Crippen LogP) is 2.85. The zero-order chi connectivity index (χ0) is 19.6. The fourth-order valence-corrected chi connectivity index (χ4v) is 2.60. The highest BCUT2D eigenvalue weighted by Crippen LogP contribution is 2.29. The lowest BCUT2D eigenvalue weighted by atomic mass is 10.1. The number of aromatic nitrogens is 2. The largest absolute Gasteiger partial charge is 0.484 e. The maximum absolute atomic E-state index is 12.2. The summed E-state index contributed by atoms with van der Waals surface area (Å²) in [6.45, 7) is -0.134. The van der Waals surface area contributed by atoms with Gasteiger partial charge < -0.3 is 14.5 Å². The Morgan fingerprint density at radius 3 is 2.74 bits per heavy atom. The van der Waals surface area contributed by atoms with Gasteiger partial charge in [0.15, 0.2) is 0 Å². The number of aromatic amines is 1. The molecule has 1 aromatic heterocycles. The van der Waals surface area contributed by atoms with E-state index in [2.05, 4.69) is 14.7 Å². The first-order chi connectivity index (χ1) is 12.9. The molecule has 0 spiro atoms. The van der Waals surface area contributed by atoms with Crippen molar-refractivity contribution in [1.82, 2.24) is 9.97 Å². The number of non-ortho nitro benzene ring substituents is 1. The van der Waals surface area contributed by atoms with E-state index in [0.717, 1.165) is 6.07 Å². The number of benzene rings is 2. The molecule has 27 heavy (non-hydrogen) atoms. The second-order valence-corrected chi connectivity index (χ2v) is 5.80. The number of H-pyrrole nitrogens is 1. The monoisotopic (exact) mass is 389 g/mol. The fraction of sp³-hybridized carbons (Fsp3) is 0.118. The lowest BCUT2D eigenvalue weighted by molar-refractivity contribution is -0.384.